The number of guanidine groups is 1. The lowest BCUT2D eigenvalue weighted by molar-refractivity contribution is 0.174. The number of aliphatic imine (C=N–C) groups is 1. The zero-order chi connectivity index (χ0) is 15.1. The van der Waals surface area contributed by atoms with Crippen molar-refractivity contribution in [2.24, 2.45) is 16.5 Å². The number of hydrogen-bond donors (Lipinski definition) is 2. The summed E-state index contributed by atoms with van der Waals surface area (Å²) in [5.41, 5.74) is 13.2. The summed E-state index contributed by atoms with van der Waals surface area (Å²) in [6, 6.07) is 6.19. The van der Waals surface area contributed by atoms with E-state index in [1.165, 1.54) is 10.4 Å². The van der Waals surface area contributed by atoms with Crippen molar-refractivity contribution in [3.63, 3.8) is 0 Å². The summed E-state index contributed by atoms with van der Waals surface area (Å²) in [5.74, 6) is 2.15. The molecular formula is C15H16N4O2S. The van der Waals surface area contributed by atoms with Crippen molar-refractivity contribution in [1.82, 2.24) is 4.98 Å². The van der Waals surface area contributed by atoms with E-state index in [0.29, 0.717) is 17.8 Å². The van der Waals surface area contributed by atoms with Gasteiger partial charge in [0, 0.05) is 4.88 Å². The van der Waals surface area contributed by atoms with Crippen LogP contribution in [0.3, 0.4) is 0 Å². The lowest BCUT2D eigenvalue weighted by Crippen LogP contribution is -2.21. The predicted molar refractivity (Wildman–Crippen MR) is 84.9 cm³/mol. The SMILES string of the molecule is NC(N)=Nc1nc2c(s1)CCC(c1ccc3c(c1)OCO3)C2. The molecule has 22 heavy (non-hydrogen) atoms. The molecule has 0 bridgehead atoms. The quantitative estimate of drug-likeness (QED) is 0.653. The van der Waals surface area contributed by atoms with Gasteiger partial charge >= 0.3 is 0 Å². The average Bonchev–Trinajstić information content (AvgIpc) is 3.10. The maximum Gasteiger partial charge on any atom is 0.231 e. The van der Waals surface area contributed by atoms with Crippen LogP contribution in [-0.4, -0.2) is 17.7 Å². The largest absolute Gasteiger partial charge is 0.454 e. The van der Waals surface area contributed by atoms with E-state index in [4.69, 9.17) is 20.9 Å². The Hall–Kier alpha value is -2.28. The third kappa shape index (κ3) is 2.37. The Morgan fingerprint density at radius 1 is 1.27 bits per heavy atom. The van der Waals surface area contributed by atoms with Crippen molar-refractivity contribution in [1.29, 1.82) is 0 Å². The van der Waals surface area contributed by atoms with Crippen molar-refractivity contribution in [2.45, 2.75) is 25.2 Å². The van der Waals surface area contributed by atoms with Gasteiger partial charge in [-0.2, -0.15) is 4.99 Å². The monoisotopic (exact) mass is 316 g/mol. The Kier molecular flexibility index (Phi) is 3.15. The van der Waals surface area contributed by atoms with E-state index in [-0.39, 0.29) is 5.96 Å². The van der Waals surface area contributed by atoms with Gasteiger partial charge in [0.25, 0.3) is 0 Å². The smallest absolute Gasteiger partial charge is 0.231 e. The van der Waals surface area contributed by atoms with E-state index >= 15 is 0 Å². The highest BCUT2D eigenvalue weighted by Gasteiger charge is 2.25. The first-order chi connectivity index (χ1) is 10.7. The maximum absolute atomic E-state index is 5.47. The lowest BCUT2D eigenvalue weighted by Gasteiger charge is -2.21. The first-order valence-corrected chi connectivity index (χ1v) is 7.98. The minimum Gasteiger partial charge on any atom is -0.454 e. The summed E-state index contributed by atoms with van der Waals surface area (Å²) in [6.45, 7) is 0.307. The first kappa shape index (κ1) is 13.4. The number of ether oxygens (including phenoxy) is 2. The number of thiazole rings is 1. The number of nitrogens with zero attached hydrogens (tertiary/aromatic N) is 2. The highest BCUT2D eigenvalue weighted by Crippen LogP contribution is 2.40. The molecule has 0 spiro atoms. The van der Waals surface area contributed by atoms with Crippen LogP contribution in [-0.2, 0) is 12.8 Å². The highest BCUT2D eigenvalue weighted by atomic mass is 32.1. The number of rotatable bonds is 2. The van der Waals surface area contributed by atoms with Crippen LogP contribution < -0.4 is 20.9 Å². The zero-order valence-corrected chi connectivity index (χ0v) is 12.7. The van der Waals surface area contributed by atoms with Crippen LogP contribution in [0, 0.1) is 0 Å². The van der Waals surface area contributed by atoms with Crippen LogP contribution >= 0.6 is 11.3 Å². The van der Waals surface area contributed by atoms with E-state index < -0.39 is 0 Å². The van der Waals surface area contributed by atoms with E-state index in [1.54, 1.807) is 11.3 Å². The second kappa shape index (κ2) is 5.17. The Morgan fingerprint density at radius 3 is 3.00 bits per heavy atom. The van der Waals surface area contributed by atoms with Crippen LogP contribution in [0.25, 0.3) is 0 Å². The van der Waals surface area contributed by atoms with Gasteiger partial charge in [-0.25, -0.2) is 4.98 Å². The minimum atomic E-state index is 0.0541. The van der Waals surface area contributed by atoms with Gasteiger partial charge < -0.3 is 20.9 Å². The fourth-order valence-corrected chi connectivity index (χ4v) is 3.97. The average molecular weight is 316 g/mol. The van der Waals surface area contributed by atoms with Crippen LogP contribution in [0.4, 0.5) is 5.13 Å². The van der Waals surface area contributed by atoms with E-state index in [9.17, 15) is 0 Å². The molecule has 2 aromatic rings. The fraction of sp³-hybridized carbons (Fsp3) is 0.333. The van der Waals surface area contributed by atoms with Crippen molar-refractivity contribution < 1.29 is 9.47 Å². The summed E-state index contributed by atoms with van der Waals surface area (Å²) >= 11 is 1.58. The summed E-state index contributed by atoms with van der Waals surface area (Å²) in [6.07, 6.45) is 3.01. The van der Waals surface area contributed by atoms with Crippen molar-refractivity contribution in [3.8, 4) is 11.5 Å². The summed E-state index contributed by atoms with van der Waals surface area (Å²) in [5, 5.41) is 0.649. The van der Waals surface area contributed by atoms with Gasteiger partial charge in [0.15, 0.2) is 17.5 Å². The van der Waals surface area contributed by atoms with Gasteiger partial charge in [0.1, 0.15) is 0 Å². The van der Waals surface area contributed by atoms with Crippen LogP contribution in [0.1, 0.15) is 28.5 Å². The molecule has 7 heteroatoms. The molecule has 1 aliphatic heterocycles. The van der Waals surface area contributed by atoms with Gasteiger partial charge in [-0.1, -0.05) is 17.4 Å². The van der Waals surface area contributed by atoms with Gasteiger partial charge in [-0.15, -0.1) is 0 Å². The number of hydrogen-bond acceptors (Lipinski definition) is 5. The Balaban J connectivity index is 1.59. The second-order valence-corrected chi connectivity index (χ2v) is 6.52. The normalized spacial score (nSPS) is 18.8. The fourth-order valence-electron chi connectivity index (χ4n) is 2.98. The number of fused-ring (bicyclic) bond motifs is 2. The molecule has 1 unspecified atom stereocenters. The predicted octanol–water partition coefficient (Wildman–Crippen LogP) is 2.05. The van der Waals surface area contributed by atoms with Crippen molar-refractivity contribution >= 4 is 22.4 Å². The first-order valence-electron chi connectivity index (χ1n) is 7.17. The number of aryl methyl sites for hydroxylation is 1. The van der Waals surface area contributed by atoms with Crippen LogP contribution in [0.2, 0.25) is 0 Å². The Bertz CT molecular complexity index is 752. The van der Waals surface area contributed by atoms with Crippen molar-refractivity contribution in [3.05, 3.63) is 34.3 Å². The Labute approximate surface area is 131 Å². The molecule has 0 radical (unpaired) electrons. The van der Waals surface area contributed by atoms with Gasteiger partial charge in [-0.3, -0.25) is 0 Å². The number of benzene rings is 1. The molecule has 114 valence electrons. The topological polar surface area (TPSA) is 95.8 Å². The van der Waals surface area contributed by atoms with Crippen molar-refractivity contribution in [2.75, 3.05) is 6.79 Å². The summed E-state index contributed by atoms with van der Waals surface area (Å²) < 4.78 is 10.8. The summed E-state index contributed by atoms with van der Waals surface area (Å²) in [7, 11) is 0. The molecule has 1 aromatic heterocycles. The van der Waals surface area contributed by atoms with Gasteiger partial charge in [-0.05, 0) is 42.9 Å². The van der Waals surface area contributed by atoms with E-state index in [0.717, 1.165) is 36.5 Å². The number of nitrogens with two attached hydrogens (primary N) is 2. The summed E-state index contributed by atoms with van der Waals surface area (Å²) in [4.78, 5) is 9.90. The molecule has 0 saturated carbocycles. The maximum atomic E-state index is 5.47. The van der Waals surface area contributed by atoms with E-state index in [2.05, 4.69) is 22.1 Å². The molecule has 1 aliphatic carbocycles. The van der Waals surface area contributed by atoms with Gasteiger partial charge in [0.05, 0.1) is 5.69 Å². The third-order valence-electron chi connectivity index (χ3n) is 4.02. The third-order valence-corrected chi connectivity index (χ3v) is 5.07. The molecule has 4 rings (SSSR count). The molecule has 2 aliphatic rings. The number of aromatic nitrogens is 1. The van der Waals surface area contributed by atoms with Gasteiger partial charge in [0.2, 0.25) is 11.9 Å². The standard InChI is InChI=1S/C15H16N4O2S/c16-14(17)19-15-18-10-5-8(2-4-13(10)22-15)9-1-3-11-12(6-9)21-7-20-11/h1,3,6,8H,2,4-5,7H2,(H4,16,17,18,19). The molecule has 1 aromatic carbocycles. The molecular weight excluding hydrogens is 300 g/mol. The zero-order valence-electron chi connectivity index (χ0n) is 11.9. The molecule has 0 fully saturated rings. The molecule has 4 N–H and O–H groups in total. The van der Waals surface area contributed by atoms with E-state index in [1.807, 2.05) is 6.07 Å². The molecule has 1 atom stereocenters. The minimum absolute atomic E-state index is 0.0541. The Morgan fingerprint density at radius 2 is 2.14 bits per heavy atom. The highest BCUT2D eigenvalue weighted by molar-refractivity contribution is 7.15. The molecule has 0 saturated heterocycles. The molecule has 6 nitrogen and oxygen atoms in total. The molecule has 2 heterocycles. The van der Waals surface area contributed by atoms with Crippen LogP contribution in [0.15, 0.2) is 23.2 Å². The van der Waals surface area contributed by atoms with Crippen LogP contribution in [0.5, 0.6) is 11.5 Å². The lowest BCUT2D eigenvalue weighted by atomic mass is 9.85. The second-order valence-electron chi connectivity index (χ2n) is 5.46. The molecule has 0 amide bonds.